The van der Waals surface area contributed by atoms with Crippen LogP contribution >= 0.6 is 0 Å². The van der Waals surface area contributed by atoms with E-state index in [9.17, 15) is 0 Å². The second-order valence-corrected chi connectivity index (χ2v) is 6.35. The van der Waals surface area contributed by atoms with E-state index in [2.05, 4.69) is 32.3 Å². The van der Waals surface area contributed by atoms with Crippen LogP contribution in [0.3, 0.4) is 0 Å². The lowest BCUT2D eigenvalue weighted by Gasteiger charge is -2.14. The summed E-state index contributed by atoms with van der Waals surface area (Å²) >= 11 is 0. The van der Waals surface area contributed by atoms with E-state index in [-0.39, 0.29) is 0 Å². The topological polar surface area (TPSA) is 72.7 Å². The molecule has 2 aromatic carbocycles. The summed E-state index contributed by atoms with van der Waals surface area (Å²) in [7, 11) is 3.24. The Morgan fingerprint density at radius 2 is 1.86 bits per heavy atom. The molecule has 1 aromatic heterocycles. The zero-order valence-electron chi connectivity index (χ0n) is 17.1. The summed E-state index contributed by atoms with van der Waals surface area (Å²) in [4.78, 5) is 9.16. The van der Waals surface area contributed by atoms with Gasteiger partial charge in [0.05, 0.1) is 14.2 Å². The van der Waals surface area contributed by atoms with Crippen molar-refractivity contribution in [3.8, 4) is 11.5 Å². The monoisotopic (exact) mass is 393 g/mol. The Kier molecular flexibility index (Phi) is 7.10. The Balaban J connectivity index is 1.73. The maximum atomic E-state index is 5.37. The maximum absolute atomic E-state index is 5.37. The molecular weight excluding hydrogens is 366 g/mol. The van der Waals surface area contributed by atoms with Gasteiger partial charge in [0, 0.05) is 37.2 Å². The van der Waals surface area contributed by atoms with Crippen LogP contribution in [0, 0.1) is 0 Å². The van der Waals surface area contributed by atoms with Crippen molar-refractivity contribution in [3.63, 3.8) is 0 Å². The minimum atomic E-state index is 0.461. The number of benzene rings is 2. The van der Waals surface area contributed by atoms with Crippen LogP contribution in [0.5, 0.6) is 11.5 Å². The largest absolute Gasteiger partial charge is 0.493 e. The molecule has 0 spiro atoms. The van der Waals surface area contributed by atoms with Crippen molar-refractivity contribution < 1.29 is 9.47 Å². The summed E-state index contributed by atoms with van der Waals surface area (Å²) in [6, 6.07) is 16.0. The van der Waals surface area contributed by atoms with E-state index in [4.69, 9.17) is 14.5 Å². The zero-order valence-corrected chi connectivity index (χ0v) is 17.1. The summed E-state index contributed by atoms with van der Waals surface area (Å²) < 4.78 is 12.8. The molecule has 152 valence electrons. The number of rotatable bonds is 8. The van der Waals surface area contributed by atoms with Gasteiger partial charge >= 0.3 is 0 Å². The molecule has 2 N–H and O–H groups in total. The zero-order chi connectivity index (χ0) is 20.5. The van der Waals surface area contributed by atoms with E-state index >= 15 is 0 Å². The molecule has 0 atom stereocenters. The quantitative estimate of drug-likeness (QED) is 0.452. The molecule has 0 aliphatic heterocycles. The molecule has 0 amide bonds. The third-order valence-electron chi connectivity index (χ3n) is 4.37. The van der Waals surface area contributed by atoms with Crippen molar-refractivity contribution in [3.05, 3.63) is 72.3 Å². The maximum Gasteiger partial charge on any atom is 0.196 e. The number of imidazole rings is 1. The first-order valence-corrected chi connectivity index (χ1v) is 9.54. The Morgan fingerprint density at radius 1 is 1.07 bits per heavy atom. The lowest BCUT2D eigenvalue weighted by molar-refractivity contribution is 0.355. The molecule has 29 heavy (non-hydrogen) atoms. The lowest BCUT2D eigenvalue weighted by atomic mass is 10.2. The number of ether oxygens (including phenoxy) is 2. The first-order chi connectivity index (χ1) is 14.2. The smallest absolute Gasteiger partial charge is 0.196 e. The average Bonchev–Trinajstić information content (AvgIpc) is 3.19. The fourth-order valence-corrected chi connectivity index (χ4v) is 2.92. The van der Waals surface area contributed by atoms with Gasteiger partial charge in [0.25, 0.3) is 0 Å². The SMILES string of the molecule is CCNC(=NCc1nccn1Cc1ccccc1)Nc1ccc(OC)c(OC)c1. The van der Waals surface area contributed by atoms with Gasteiger partial charge in [-0.1, -0.05) is 30.3 Å². The summed E-state index contributed by atoms with van der Waals surface area (Å²) in [5.41, 5.74) is 2.08. The molecule has 0 aliphatic rings. The number of methoxy groups -OCH3 is 2. The van der Waals surface area contributed by atoms with Crippen LogP contribution in [0.4, 0.5) is 5.69 Å². The Hall–Kier alpha value is -3.48. The van der Waals surface area contributed by atoms with Gasteiger partial charge in [-0.2, -0.15) is 0 Å². The highest BCUT2D eigenvalue weighted by atomic mass is 16.5. The van der Waals surface area contributed by atoms with Gasteiger partial charge in [-0.3, -0.25) is 0 Å². The molecule has 3 rings (SSSR count). The molecular formula is C22H27N5O2. The van der Waals surface area contributed by atoms with E-state index in [1.807, 2.05) is 55.7 Å². The molecule has 0 radical (unpaired) electrons. The van der Waals surface area contributed by atoms with E-state index in [1.165, 1.54) is 5.56 Å². The summed E-state index contributed by atoms with van der Waals surface area (Å²) in [6.07, 6.45) is 3.79. The van der Waals surface area contributed by atoms with Gasteiger partial charge in [-0.15, -0.1) is 0 Å². The minimum absolute atomic E-state index is 0.461. The van der Waals surface area contributed by atoms with Crippen LogP contribution in [0.25, 0.3) is 0 Å². The number of hydrogen-bond acceptors (Lipinski definition) is 4. The summed E-state index contributed by atoms with van der Waals surface area (Å²) in [5, 5.41) is 6.56. The number of aliphatic imine (C=N–C) groups is 1. The highest BCUT2D eigenvalue weighted by Gasteiger charge is 2.08. The third kappa shape index (κ3) is 5.51. The molecule has 0 saturated carbocycles. The van der Waals surface area contributed by atoms with E-state index in [1.54, 1.807) is 14.2 Å². The van der Waals surface area contributed by atoms with Gasteiger partial charge in [-0.25, -0.2) is 9.98 Å². The van der Waals surface area contributed by atoms with Gasteiger partial charge in [0.2, 0.25) is 0 Å². The average molecular weight is 393 g/mol. The van der Waals surface area contributed by atoms with Crippen LogP contribution in [0.2, 0.25) is 0 Å². The number of nitrogens with zero attached hydrogens (tertiary/aromatic N) is 3. The predicted molar refractivity (Wildman–Crippen MR) is 116 cm³/mol. The van der Waals surface area contributed by atoms with E-state index in [0.717, 1.165) is 24.6 Å². The number of aromatic nitrogens is 2. The molecule has 7 nitrogen and oxygen atoms in total. The highest BCUT2D eigenvalue weighted by Crippen LogP contribution is 2.29. The summed E-state index contributed by atoms with van der Waals surface area (Å²) in [6.45, 7) is 4.01. The predicted octanol–water partition coefficient (Wildman–Crippen LogP) is 3.53. The lowest BCUT2D eigenvalue weighted by Crippen LogP contribution is -2.30. The molecule has 0 bridgehead atoms. The molecule has 0 aliphatic carbocycles. The molecule has 0 saturated heterocycles. The summed E-state index contributed by atoms with van der Waals surface area (Å²) in [5.74, 6) is 2.92. The molecule has 1 heterocycles. The fraction of sp³-hybridized carbons (Fsp3) is 0.273. The molecule has 3 aromatic rings. The standard InChI is InChI=1S/C22H27N5O2/c1-4-23-22(26-18-10-11-19(28-2)20(14-18)29-3)25-15-21-24-12-13-27(21)16-17-8-6-5-7-9-17/h5-14H,4,15-16H2,1-3H3,(H2,23,25,26). The first-order valence-electron chi connectivity index (χ1n) is 9.54. The van der Waals surface area contributed by atoms with Crippen molar-refractivity contribution in [1.29, 1.82) is 0 Å². The number of anilines is 1. The van der Waals surface area contributed by atoms with Crippen molar-refractivity contribution in [2.24, 2.45) is 4.99 Å². The number of guanidine groups is 1. The van der Waals surface area contributed by atoms with Gasteiger partial charge in [0.1, 0.15) is 12.4 Å². The van der Waals surface area contributed by atoms with Gasteiger partial charge in [0.15, 0.2) is 17.5 Å². The molecule has 7 heteroatoms. The number of hydrogen-bond donors (Lipinski definition) is 2. The Morgan fingerprint density at radius 3 is 2.59 bits per heavy atom. The van der Waals surface area contributed by atoms with Crippen LogP contribution in [0.1, 0.15) is 18.3 Å². The number of nitrogens with one attached hydrogen (secondary N) is 2. The molecule has 0 unspecified atom stereocenters. The fourth-order valence-electron chi connectivity index (χ4n) is 2.92. The second kappa shape index (κ2) is 10.2. The van der Waals surface area contributed by atoms with Crippen LogP contribution in [-0.4, -0.2) is 36.3 Å². The Bertz CT molecular complexity index is 937. The van der Waals surface area contributed by atoms with Crippen LogP contribution in [0.15, 0.2) is 65.9 Å². The van der Waals surface area contributed by atoms with E-state index in [0.29, 0.717) is 24.0 Å². The Labute approximate surface area is 171 Å². The van der Waals surface area contributed by atoms with E-state index < -0.39 is 0 Å². The normalized spacial score (nSPS) is 11.2. The van der Waals surface area contributed by atoms with Crippen molar-refractivity contribution in [1.82, 2.24) is 14.9 Å². The van der Waals surface area contributed by atoms with Crippen LogP contribution < -0.4 is 20.1 Å². The van der Waals surface area contributed by atoms with Crippen molar-refractivity contribution in [2.75, 3.05) is 26.1 Å². The van der Waals surface area contributed by atoms with Crippen LogP contribution in [-0.2, 0) is 13.1 Å². The van der Waals surface area contributed by atoms with Crippen molar-refractivity contribution in [2.45, 2.75) is 20.0 Å². The highest BCUT2D eigenvalue weighted by molar-refractivity contribution is 5.93. The first kappa shape index (κ1) is 20.3. The van der Waals surface area contributed by atoms with Gasteiger partial charge < -0.3 is 24.7 Å². The molecule has 0 fully saturated rings. The van der Waals surface area contributed by atoms with Gasteiger partial charge in [-0.05, 0) is 24.6 Å². The third-order valence-corrected chi connectivity index (χ3v) is 4.37. The minimum Gasteiger partial charge on any atom is -0.493 e. The van der Waals surface area contributed by atoms with Crippen molar-refractivity contribution >= 4 is 11.6 Å². The second-order valence-electron chi connectivity index (χ2n) is 6.35.